The molecule has 7 nitrogen and oxygen atoms in total. The van der Waals surface area contributed by atoms with Crippen molar-refractivity contribution in [2.24, 2.45) is 0 Å². The van der Waals surface area contributed by atoms with Crippen molar-refractivity contribution in [1.29, 1.82) is 0 Å². The van der Waals surface area contributed by atoms with E-state index in [4.69, 9.17) is 0 Å². The van der Waals surface area contributed by atoms with Crippen LogP contribution in [0, 0.1) is 20.8 Å². The van der Waals surface area contributed by atoms with Crippen LogP contribution >= 0.6 is 0 Å². The molecule has 0 atom stereocenters. The molecule has 0 aliphatic rings. The van der Waals surface area contributed by atoms with Gasteiger partial charge in [-0.1, -0.05) is 17.7 Å². The van der Waals surface area contributed by atoms with Gasteiger partial charge in [-0.15, -0.1) is 0 Å². The average Bonchev–Trinajstić information content (AvgIpc) is 3.00. The van der Waals surface area contributed by atoms with Gasteiger partial charge in [-0.25, -0.2) is 9.50 Å². The number of aryl methyl sites for hydroxylation is 3. The number of rotatable bonds is 5. The Hall–Kier alpha value is -3.22. The number of hydrogen-bond acceptors (Lipinski definition) is 4. The van der Waals surface area contributed by atoms with E-state index in [-0.39, 0.29) is 24.8 Å². The van der Waals surface area contributed by atoms with Crippen LogP contribution in [0.15, 0.2) is 36.8 Å². The molecule has 0 fully saturated rings. The van der Waals surface area contributed by atoms with E-state index < -0.39 is 0 Å². The third kappa shape index (κ3) is 3.88. The third-order valence-corrected chi connectivity index (χ3v) is 4.02. The molecule has 7 heteroatoms. The summed E-state index contributed by atoms with van der Waals surface area (Å²) in [5, 5.41) is 9.73. The quantitative estimate of drug-likeness (QED) is 0.739. The monoisotopic (exact) mass is 351 g/mol. The van der Waals surface area contributed by atoms with Crippen molar-refractivity contribution in [1.82, 2.24) is 19.9 Å². The summed E-state index contributed by atoms with van der Waals surface area (Å²) in [4.78, 5) is 28.6. The molecule has 1 aromatic carbocycles. The zero-order valence-corrected chi connectivity index (χ0v) is 15.0. The molecule has 0 saturated heterocycles. The van der Waals surface area contributed by atoms with Gasteiger partial charge in [-0.3, -0.25) is 9.59 Å². The molecule has 134 valence electrons. The minimum atomic E-state index is -0.296. The number of amides is 2. The number of hydrogen-bond donors (Lipinski definition) is 2. The Labute approximate surface area is 151 Å². The van der Waals surface area contributed by atoms with Crippen molar-refractivity contribution < 1.29 is 9.59 Å². The first kappa shape index (κ1) is 17.6. The number of nitrogens with zero attached hydrogens (tertiary/aromatic N) is 3. The standard InChI is InChI=1S/C19H21N5O2/c1-12-4-5-16(14(3)8-12)23-17(25)6-7-20-19(26)15-10-22-24-11-13(2)9-21-18(15)24/h4-5,8-11H,6-7H2,1-3H3,(H,20,26)(H,23,25). The summed E-state index contributed by atoms with van der Waals surface area (Å²) in [6, 6.07) is 5.84. The second kappa shape index (κ2) is 7.35. The van der Waals surface area contributed by atoms with Gasteiger partial charge in [0.1, 0.15) is 5.56 Å². The van der Waals surface area contributed by atoms with Gasteiger partial charge < -0.3 is 10.6 Å². The van der Waals surface area contributed by atoms with Crippen molar-refractivity contribution in [2.75, 3.05) is 11.9 Å². The topological polar surface area (TPSA) is 88.4 Å². The maximum absolute atomic E-state index is 12.3. The van der Waals surface area contributed by atoms with Crippen LogP contribution in [0.25, 0.3) is 5.65 Å². The number of aromatic nitrogens is 3. The van der Waals surface area contributed by atoms with E-state index in [0.29, 0.717) is 11.2 Å². The Bertz CT molecular complexity index is 977. The van der Waals surface area contributed by atoms with E-state index >= 15 is 0 Å². The maximum atomic E-state index is 12.3. The summed E-state index contributed by atoms with van der Waals surface area (Å²) in [6.45, 7) is 6.09. The molecule has 3 aromatic rings. The zero-order chi connectivity index (χ0) is 18.7. The summed E-state index contributed by atoms with van der Waals surface area (Å²) in [6.07, 6.45) is 5.15. The number of carbonyl (C=O) groups is 2. The molecule has 0 bridgehead atoms. The molecule has 0 spiro atoms. The Balaban J connectivity index is 1.55. The molecule has 0 aliphatic carbocycles. The number of anilines is 1. The van der Waals surface area contributed by atoms with Crippen molar-refractivity contribution in [3.8, 4) is 0 Å². The largest absolute Gasteiger partial charge is 0.351 e. The molecular formula is C19H21N5O2. The van der Waals surface area contributed by atoms with E-state index in [0.717, 1.165) is 22.4 Å². The molecule has 0 unspecified atom stereocenters. The smallest absolute Gasteiger partial charge is 0.256 e. The Morgan fingerprint density at radius 2 is 1.92 bits per heavy atom. The lowest BCUT2D eigenvalue weighted by Crippen LogP contribution is -2.27. The fourth-order valence-corrected chi connectivity index (χ4v) is 2.68. The van der Waals surface area contributed by atoms with Gasteiger partial charge >= 0.3 is 0 Å². The Morgan fingerprint density at radius 1 is 1.12 bits per heavy atom. The van der Waals surface area contributed by atoms with Crippen LogP contribution in [-0.4, -0.2) is 33.0 Å². The second-order valence-corrected chi connectivity index (χ2v) is 6.33. The van der Waals surface area contributed by atoms with Crippen LogP contribution < -0.4 is 10.6 Å². The fourth-order valence-electron chi connectivity index (χ4n) is 2.68. The van der Waals surface area contributed by atoms with Crippen LogP contribution in [0.5, 0.6) is 0 Å². The summed E-state index contributed by atoms with van der Waals surface area (Å²) < 4.78 is 1.57. The van der Waals surface area contributed by atoms with Gasteiger partial charge in [0.2, 0.25) is 5.91 Å². The van der Waals surface area contributed by atoms with Gasteiger partial charge in [0.15, 0.2) is 5.65 Å². The highest BCUT2D eigenvalue weighted by Crippen LogP contribution is 2.16. The molecule has 0 radical (unpaired) electrons. The van der Waals surface area contributed by atoms with E-state index in [1.165, 1.54) is 6.20 Å². The molecule has 26 heavy (non-hydrogen) atoms. The molecule has 0 aliphatic heterocycles. The van der Waals surface area contributed by atoms with E-state index in [2.05, 4.69) is 20.7 Å². The predicted molar refractivity (Wildman–Crippen MR) is 99.2 cm³/mol. The Morgan fingerprint density at radius 3 is 2.69 bits per heavy atom. The highest BCUT2D eigenvalue weighted by Gasteiger charge is 2.14. The zero-order valence-electron chi connectivity index (χ0n) is 15.0. The normalized spacial score (nSPS) is 10.7. The van der Waals surface area contributed by atoms with Crippen LogP contribution in [0.2, 0.25) is 0 Å². The highest BCUT2D eigenvalue weighted by atomic mass is 16.2. The van der Waals surface area contributed by atoms with Crippen LogP contribution in [0.4, 0.5) is 5.69 Å². The molecule has 2 aromatic heterocycles. The van der Waals surface area contributed by atoms with E-state index in [9.17, 15) is 9.59 Å². The van der Waals surface area contributed by atoms with Crippen LogP contribution in [-0.2, 0) is 4.79 Å². The number of benzene rings is 1. The molecule has 2 heterocycles. The third-order valence-electron chi connectivity index (χ3n) is 4.02. The van der Waals surface area contributed by atoms with Gasteiger partial charge in [0, 0.05) is 31.0 Å². The van der Waals surface area contributed by atoms with Gasteiger partial charge in [0.25, 0.3) is 5.91 Å². The number of fused-ring (bicyclic) bond motifs is 1. The summed E-state index contributed by atoms with van der Waals surface area (Å²) in [5.41, 5.74) is 4.78. The lowest BCUT2D eigenvalue weighted by molar-refractivity contribution is -0.116. The molecular weight excluding hydrogens is 330 g/mol. The number of nitrogens with one attached hydrogen (secondary N) is 2. The lowest BCUT2D eigenvalue weighted by Gasteiger charge is -2.09. The first-order chi connectivity index (χ1) is 12.4. The van der Waals surface area contributed by atoms with E-state index in [1.807, 2.05) is 39.0 Å². The highest BCUT2D eigenvalue weighted by molar-refractivity contribution is 6.00. The first-order valence-electron chi connectivity index (χ1n) is 8.39. The van der Waals surface area contributed by atoms with Crippen molar-refractivity contribution in [3.63, 3.8) is 0 Å². The Kier molecular flexibility index (Phi) is 4.97. The van der Waals surface area contributed by atoms with Crippen molar-refractivity contribution in [2.45, 2.75) is 27.2 Å². The van der Waals surface area contributed by atoms with Gasteiger partial charge in [-0.05, 0) is 38.0 Å². The van der Waals surface area contributed by atoms with Gasteiger partial charge in [0.05, 0.1) is 6.20 Å². The minimum absolute atomic E-state index is 0.147. The molecule has 3 rings (SSSR count). The first-order valence-corrected chi connectivity index (χ1v) is 8.39. The van der Waals surface area contributed by atoms with Crippen molar-refractivity contribution >= 4 is 23.1 Å². The molecule has 2 N–H and O–H groups in total. The second-order valence-electron chi connectivity index (χ2n) is 6.33. The predicted octanol–water partition coefficient (Wildman–Crippen LogP) is 2.41. The number of carbonyl (C=O) groups excluding carboxylic acids is 2. The average molecular weight is 351 g/mol. The summed E-state index contributed by atoms with van der Waals surface area (Å²) in [5.74, 6) is -0.443. The van der Waals surface area contributed by atoms with Crippen LogP contribution in [0.3, 0.4) is 0 Å². The fraction of sp³-hybridized carbons (Fsp3) is 0.263. The molecule has 0 saturated carbocycles. The SMILES string of the molecule is Cc1ccc(NC(=O)CCNC(=O)c2cnn3cc(C)cnc23)c(C)c1. The summed E-state index contributed by atoms with van der Waals surface area (Å²) in [7, 11) is 0. The summed E-state index contributed by atoms with van der Waals surface area (Å²) >= 11 is 0. The molecule has 2 amide bonds. The lowest BCUT2D eigenvalue weighted by atomic mass is 10.1. The minimum Gasteiger partial charge on any atom is -0.351 e. The van der Waals surface area contributed by atoms with Gasteiger partial charge in [-0.2, -0.15) is 5.10 Å². The van der Waals surface area contributed by atoms with E-state index in [1.54, 1.807) is 16.9 Å². The van der Waals surface area contributed by atoms with Crippen LogP contribution in [0.1, 0.15) is 33.5 Å². The van der Waals surface area contributed by atoms with Crippen molar-refractivity contribution in [3.05, 3.63) is 59.0 Å². The maximum Gasteiger partial charge on any atom is 0.256 e.